The van der Waals surface area contributed by atoms with Gasteiger partial charge in [0.15, 0.2) is 6.29 Å². The largest absolute Gasteiger partial charge is 0.486 e. The molecule has 16 heavy (non-hydrogen) atoms. The molecule has 1 unspecified atom stereocenters. The van der Waals surface area contributed by atoms with E-state index in [1.807, 2.05) is 0 Å². The molecule has 84 valence electrons. The van der Waals surface area contributed by atoms with Crippen molar-refractivity contribution < 1.29 is 19.4 Å². The van der Waals surface area contributed by atoms with Crippen LogP contribution in [0.3, 0.4) is 0 Å². The lowest BCUT2D eigenvalue weighted by Crippen LogP contribution is -2.09. The second-order valence-corrected chi connectivity index (χ2v) is 3.23. The van der Waals surface area contributed by atoms with E-state index in [-0.39, 0.29) is 17.2 Å². The van der Waals surface area contributed by atoms with Crippen LogP contribution in [0.25, 0.3) is 0 Å². The van der Waals surface area contributed by atoms with E-state index in [1.165, 1.54) is 18.2 Å². The lowest BCUT2D eigenvalue weighted by molar-refractivity contribution is 0.0697. The summed E-state index contributed by atoms with van der Waals surface area (Å²) < 4.78 is 5.38. The normalized spacial score (nSPS) is 11.6. The van der Waals surface area contributed by atoms with Gasteiger partial charge in [-0.25, -0.2) is 4.79 Å². The summed E-state index contributed by atoms with van der Waals surface area (Å²) in [4.78, 5) is 21.5. The number of rotatable bonds is 5. The zero-order valence-electron chi connectivity index (χ0n) is 8.84. The lowest BCUT2D eigenvalue weighted by atomic mass is 10.1. The Morgan fingerprint density at radius 3 is 2.75 bits per heavy atom. The Morgan fingerprint density at radius 1 is 1.56 bits per heavy atom. The number of aldehydes is 1. The topological polar surface area (TPSA) is 63.6 Å². The van der Waals surface area contributed by atoms with Crippen molar-refractivity contribution in [3.63, 3.8) is 0 Å². The summed E-state index contributed by atoms with van der Waals surface area (Å²) in [5.41, 5.74) is 0.273. The molecule has 0 radical (unpaired) electrons. The maximum absolute atomic E-state index is 10.8. The number of carbonyl (C=O) groups is 2. The summed E-state index contributed by atoms with van der Waals surface area (Å²) in [6.07, 6.45) is 1.91. The van der Waals surface area contributed by atoms with E-state index < -0.39 is 5.97 Å². The van der Waals surface area contributed by atoms with Crippen LogP contribution < -0.4 is 4.74 Å². The first-order valence-corrected chi connectivity index (χ1v) is 4.70. The predicted octanol–water partition coefficient (Wildman–Crippen LogP) is 2.15. The van der Waals surface area contributed by atoms with Gasteiger partial charge in [-0.1, -0.05) is 12.7 Å². The molecule has 0 bridgehead atoms. The average Bonchev–Trinajstić information content (AvgIpc) is 2.29. The number of carboxylic acids is 1. The second kappa shape index (κ2) is 5.11. The van der Waals surface area contributed by atoms with Crippen LogP contribution in [0.4, 0.5) is 0 Å². The average molecular weight is 220 g/mol. The Labute approximate surface area is 93.2 Å². The molecule has 1 rings (SSSR count). The SMILES string of the molecule is C=CC(C)Oc1ccc(C(=O)O)cc1C=O. The third-order valence-corrected chi connectivity index (χ3v) is 2.03. The lowest BCUT2D eigenvalue weighted by Gasteiger charge is -2.12. The Morgan fingerprint density at radius 2 is 2.25 bits per heavy atom. The third-order valence-electron chi connectivity index (χ3n) is 2.03. The molecule has 0 saturated heterocycles. The highest BCUT2D eigenvalue weighted by Crippen LogP contribution is 2.20. The maximum atomic E-state index is 10.8. The van der Waals surface area contributed by atoms with Gasteiger partial charge in [-0.2, -0.15) is 0 Å². The number of benzene rings is 1. The van der Waals surface area contributed by atoms with Gasteiger partial charge >= 0.3 is 5.97 Å². The fourth-order valence-corrected chi connectivity index (χ4v) is 1.13. The molecular weight excluding hydrogens is 208 g/mol. The van der Waals surface area contributed by atoms with Crippen LogP contribution in [0.5, 0.6) is 5.75 Å². The molecule has 1 atom stereocenters. The minimum atomic E-state index is -1.08. The molecule has 0 fully saturated rings. The molecule has 4 nitrogen and oxygen atoms in total. The molecule has 0 aliphatic heterocycles. The first-order valence-electron chi connectivity index (χ1n) is 4.70. The predicted molar refractivity (Wildman–Crippen MR) is 59.1 cm³/mol. The van der Waals surface area contributed by atoms with Crippen molar-refractivity contribution in [3.8, 4) is 5.75 Å². The third kappa shape index (κ3) is 2.70. The van der Waals surface area contributed by atoms with Gasteiger partial charge in [0.25, 0.3) is 0 Å². The monoisotopic (exact) mass is 220 g/mol. The van der Waals surface area contributed by atoms with Crippen molar-refractivity contribution in [2.75, 3.05) is 0 Å². The van der Waals surface area contributed by atoms with Gasteiger partial charge in [0.1, 0.15) is 11.9 Å². The minimum absolute atomic E-state index is 0.0562. The fourth-order valence-electron chi connectivity index (χ4n) is 1.13. The van der Waals surface area contributed by atoms with Crippen molar-refractivity contribution in [2.45, 2.75) is 13.0 Å². The van der Waals surface area contributed by atoms with E-state index in [2.05, 4.69) is 6.58 Å². The molecule has 1 aromatic rings. The minimum Gasteiger partial charge on any atom is -0.486 e. The van der Waals surface area contributed by atoms with Crippen molar-refractivity contribution in [2.24, 2.45) is 0 Å². The highest BCUT2D eigenvalue weighted by molar-refractivity contribution is 5.91. The van der Waals surface area contributed by atoms with Crippen LogP contribution in [0.2, 0.25) is 0 Å². The maximum Gasteiger partial charge on any atom is 0.335 e. The highest BCUT2D eigenvalue weighted by atomic mass is 16.5. The van der Waals surface area contributed by atoms with Gasteiger partial charge in [-0.15, -0.1) is 0 Å². The van der Waals surface area contributed by atoms with E-state index in [1.54, 1.807) is 13.0 Å². The van der Waals surface area contributed by atoms with Gasteiger partial charge < -0.3 is 9.84 Å². The summed E-state index contributed by atoms with van der Waals surface area (Å²) in [6, 6.07) is 4.13. The van der Waals surface area contributed by atoms with Crippen LogP contribution in [0.15, 0.2) is 30.9 Å². The summed E-state index contributed by atoms with van der Waals surface area (Å²) in [5.74, 6) is -0.723. The van der Waals surface area contributed by atoms with Crippen LogP contribution in [0, 0.1) is 0 Å². The number of carbonyl (C=O) groups excluding carboxylic acids is 1. The smallest absolute Gasteiger partial charge is 0.335 e. The molecule has 0 aliphatic carbocycles. The molecule has 0 saturated carbocycles. The van der Waals surface area contributed by atoms with E-state index >= 15 is 0 Å². The molecule has 0 spiro atoms. The summed E-state index contributed by atoms with van der Waals surface area (Å²) in [5, 5.41) is 8.75. The number of hydrogen-bond acceptors (Lipinski definition) is 3. The molecule has 0 aromatic heterocycles. The standard InChI is InChI=1S/C12H12O4/c1-3-8(2)16-11-5-4-9(12(14)15)6-10(11)7-13/h3-8H,1H2,2H3,(H,14,15). The highest BCUT2D eigenvalue weighted by Gasteiger charge is 2.10. The van der Waals surface area contributed by atoms with Crippen LogP contribution in [0.1, 0.15) is 27.6 Å². The number of ether oxygens (including phenoxy) is 1. The van der Waals surface area contributed by atoms with Gasteiger partial charge in [0, 0.05) is 0 Å². The van der Waals surface area contributed by atoms with Crippen LogP contribution in [-0.2, 0) is 0 Å². The molecule has 0 amide bonds. The zero-order valence-corrected chi connectivity index (χ0v) is 8.84. The number of carboxylic acid groups (broad SMARTS) is 1. The Bertz CT molecular complexity index is 423. The summed E-state index contributed by atoms with van der Waals surface area (Å²) >= 11 is 0. The Balaban J connectivity index is 3.06. The molecule has 1 aromatic carbocycles. The van der Waals surface area contributed by atoms with Gasteiger partial charge in [-0.05, 0) is 25.1 Å². The van der Waals surface area contributed by atoms with E-state index in [4.69, 9.17) is 9.84 Å². The van der Waals surface area contributed by atoms with Crippen molar-refractivity contribution in [1.82, 2.24) is 0 Å². The number of hydrogen-bond donors (Lipinski definition) is 1. The van der Waals surface area contributed by atoms with Gasteiger partial charge in [-0.3, -0.25) is 4.79 Å². The Hall–Kier alpha value is -2.10. The van der Waals surface area contributed by atoms with Crippen molar-refractivity contribution >= 4 is 12.3 Å². The quantitative estimate of drug-likeness (QED) is 0.610. The molecule has 0 heterocycles. The fraction of sp³-hybridized carbons (Fsp3) is 0.167. The van der Waals surface area contributed by atoms with Gasteiger partial charge in [0.05, 0.1) is 11.1 Å². The first kappa shape index (κ1) is 12.0. The van der Waals surface area contributed by atoms with Crippen molar-refractivity contribution in [1.29, 1.82) is 0 Å². The second-order valence-electron chi connectivity index (χ2n) is 3.23. The molecule has 0 aliphatic rings. The van der Waals surface area contributed by atoms with E-state index in [0.717, 1.165) is 0 Å². The summed E-state index contributed by atoms with van der Waals surface area (Å²) in [7, 11) is 0. The van der Waals surface area contributed by atoms with E-state index in [0.29, 0.717) is 12.0 Å². The van der Waals surface area contributed by atoms with Gasteiger partial charge in [0.2, 0.25) is 0 Å². The van der Waals surface area contributed by atoms with E-state index in [9.17, 15) is 9.59 Å². The summed E-state index contributed by atoms with van der Waals surface area (Å²) in [6.45, 7) is 5.32. The Kier molecular flexibility index (Phi) is 3.83. The molecule has 4 heteroatoms. The number of aromatic carboxylic acids is 1. The van der Waals surface area contributed by atoms with Crippen molar-refractivity contribution in [3.05, 3.63) is 42.0 Å². The first-order chi connectivity index (χ1) is 7.58. The molecule has 1 N–H and O–H groups in total. The van der Waals surface area contributed by atoms with Crippen LogP contribution >= 0.6 is 0 Å². The zero-order chi connectivity index (χ0) is 12.1. The molecular formula is C12H12O4. The van der Waals surface area contributed by atoms with Crippen LogP contribution in [-0.4, -0.2) is 23.5 Å².